The van der Waals surface area contributed by atoms with E-state index in [1.807, 2.05) is 32.0 Å². The number of nitrogens with zero attached hydrogens (tertiary/aromatic N) is 7. The van der Waals surface area contributed by atoms with Crippen molar-refractivity contribution < 1.29 is 18.7 Å². The predicted molar refractivity (Wildman–Crippen MR) is 172 cm³/mol. The van der Waals surface area contributed by atoms with Crippen molar-refractivity contribution in [2.24, 2.45) is 0 Å². The zero-order valence-electron chi connectivity index (χ0n) is 26.1. The van der Waals surface area contributed by atoms with E-state index >= 15 is 4.39 Å². The van der Waals surface area contributed by atoms with Gasteiger partial charge in [0.05, 0.1) is 19.3 Å². The SMILES string of the molecule is CCN(C1COC1)C(C)(C)C=C(C#N)C(=O)N1CCC[C@@H](n2nc(-c3ccc(Oc4ccccc4)cc3F)c3c([As])ncnc32)C1. The number of nitriles is 1. The van der Waals surface area contributed by atoms with Crippen molar-refractivity contribution in [3.8, 4) is 28.8 Å². The summed E-state index contributed by atoms with van der Waals surface area (Å²) in [7, 11) is 0. The van der Waals surface area contributed by atoms with Crippen molar-refractivity contribution in [3.05, 3.63) is 72.3 Å². The average Bonchev–Trinajstić information content (AvgIpc) is 3.42. The second kappa shape index (κ2) is 13.3. The zero-order chi connectivity index (χ0) is 32.4. The maximum absolute atomic E-state index is 15.7. The molecular weight excluding hydrogens is 648 g/mol. The first-order valence-corrected chi connectivity index (χ1v) is 16.4. The molecule has 2 aliphatic heterocycles. The van der Waals surface area contributed by atoms with Gasteiger partial charge in [-0.1, -0.05) is 6.92 Å². The number of carbonyl (C=O) groups excluding carboxylic acids is 1. The number of fused-ring (bicyclic) bond motifs is 1. The van der Waals surface area contributed by atoms with Crippen LogP contribution >= 0.6 is 0 Å². The van der Waals surface area contributed by atoms with Gasteiger partial charge in [0.25, 0.3) is 0 Å². The van der Waals surface area contributed by atoms with E-state index in [1.165, 1.54) is 12.4 Å². The van der Waals surface area contributed by atoms with Gasteiger partial charge in [-0.25, -0.2) is 0 Å². The summed E-state index contributed by atoms with van der Waals surface area (Å²) in [6, 6.07) is 16.1. The van der Waals surface area contributed by atoms with E-state index in [0.29, 0.717) is 64.6 Å². The van der Waals surface area contributed by atoms with Crippen molar-refractivity contribution in [3.63, 3.8) is 0 Å². The Kier molecular flexibility index (Phi) is 9.23. The molecule has 236 valence electrons. The normalized spacial score (nSPS) is 17.6. The molecule has 2 aromatic carbocycles. The van der Waals surface area contributed by atoms with Crippen molar-refractivity contribution in [2.75, 3.05) is 32.8 Å². The molecule has 2 radical (unpaired) electrons. The molecule has 6 rings (SSSR count). The van der Waals surface area contributed by atoms with Crippen molar-refractivity contribution in [1.82, 2.24) is 29.5 Å². The van der Waals surface area contributed by atoms with Gasteiger partial charge in [-0.15, -0.1) is 0 Å². The van der Waals surface area contributed by atoms with Crippen molar-refractivity contribution >= 4 is 38.3 Å². The Balaban J connectivity index is 1.28. The molecule has 2 aliphatic rings. The van der Waals surface area contributed by atoms with E-state index in [9.17, 15) is 10.1 Å². The van der Waals surface area contributed by atoms with Gasteiger partial charge in [-0.3, -0.25) is 0 Å². The van der Waals surface area contributed by atoms with E-state index in [-0.39, 0.29) is 23.6 Å². The fourth-order valence-electron chi connectivity index (χ4n) is 6.40. The van der Waals surface area contributed by atoms with Gasteiger partial charge in [-0.05, 0) is 6.54 Å². The van der Waals surface area contributed by atoms with Crippen LogP contribution in [0.3, 0.4) is 0 Å². The first-order valence-electron chi connectivity index (χ1n) is 15.4. The van der Waals surface area contributed by atoms with Gasteiger partial charge < -0.3 is 4.74 Å². The molecule has 1 amide bonds. The Bertz CT molecular complexity index is 1820. The minimum absolute atomic E-state index is 0.116. The summed E-state index contributed by atoms with van der Waals surface area (Å²) < 4.78 is 29.3. The number of likely N-dealkylation sites (N-methyl/N-ethyl adjacent to an activating group) is 1. The van der Waals surface area contributed by atoms with Crippen LogP contribution in [0.25, 0.3) is 22.3 Å². The van der Waals surface area contributed by atoms with E-state index < -0.39 is 11.4 Å². The molecule has 0 saturated carbocycles. The average molecular weight is 684 g/mol. The zero-order valence-corrected chi connectivity index (χ0v) is 27.9. The Hall–Kier alpha value is -4.10. The van der Waals surface area contributed by atoms with E-state index in [1.54, 1.807) is 39.9 Å². The number of amides is 1. The number of piperidine rings is 1. The molecule has 0 spiro atoms. The Morgan fingerprint density at radius 2 is 2.00 bits per heavy atom. The van der Waals surface area contributed by atoms with Crippen LogP contribution in [-0.4, -0.2) is 96.7 Å². The Labute approximate surface area is 276 Å². The molecule has 2 aromatic heterocycles. The van der Waals surface area contributed by atoms with Gasteiger partial charge in [0.2, 0.25) is 0 Å². The molecule has 4 aromatic rings. The van der Waals surface area contributed by atoms with Crippen LogP contribution in [-0.2, 0) is 9.53 Å². The maximum atomic E-state index is 15.7. The molecule has 10 nitrogen and oxygen atoms in total. The molecule has 46 heavy (non-hydrogen) atoms. The van der Waals surface area contributed by atoms with Gasteiger partial charge >= 0.3 is 240 Å². The molecule has 4 heterocycles. The summed E-state index contributed by atoms with van der Waals surface area (Å²) in [4.78, 5) is 26.6. The summed E-state index contributed by atoms with van der Waals surface area (Å²) in [5.74, 6) is 0.183. The number of hydrogen-bond donors (Lipinski definition) is 0. The fraction of sp³-hybridized carbons (Fsp3) is 0.382. The third-order valence-corrected chi connectivity index (χ3v) is 9.37. The summed E-state index contributed by atoms with van der Waals surface area (Å²) in [6.45, 7) is 9.05. The number of rotatable bonds is 9. The number of carbonyl (C=O) groups is 1. The molecule has 0 bridgehead atoms. The summed E-state index contributed by atoms with van der Waals surface area (Å²) in [5, 5.41) is 15.6. The van der Waals surface area contributed by atoms with Crippen LogP contribution < -0.4 is 9.22 Å². The van der Waals surface area contributed by atoms with Crippen molar-refractivity contribution in [2.45, 2.75) is 51.2 Å². The standard InChI is InChI=1S/C34H35AsFN7O3/c1-4-42(24-19-45-20-24)34(2,3)16-22(17-37)33(44)41-14-8-9-23(18-41)43-32-29(31(35)38-21-39-32)30(40-43)27-13-12-26(15-28(27)36)46-25-10-6-5-7-11-25/h5-7,10-13,15-16,21,23-24H,4,8-9,14,18-20H2,1-3H3/t23-/m1/s1. The van der Waals surface area contributed by atoms with Crippen LogP contribution in [0.5, 0.6) is 11.5 Å². The van der Waals surface area contributed by atoms with E-state index in [0.717, 1.165) is 19.4 Å². The molecule has 0 N–H and O–H groups in total. The number of likely N-dealkylation sites (tertiary alicyclic amines) is 1. The summed E-state index contributed by atoms with van der Waals surface area (Å²) in [5.41, 5.74) is 0.875. The quantitative estimate of drug-likeness (QED) is 0.146. The number of aromatic nitrogens is 4. The van der Waals surface area contributed by atoms with Gasteiger partial charge in [-0.2, -0.15) is 0 Å². The van der Waals surface area contributed by atoms with E-state index in [4.69, 9.17) is 14.6 Å². The molecule has 2 fully saturated rings. The van der Waals surface area contributed by atoms with Gasteiger partial charge in [0.1, 0.15) is 0 Å². The topological polar surface area (TPSA) is 109 Å². The number of halogens is 1. The van der Waals surface area contributed by atoms with Gasteiger partial charge in [0.15, 0.2) is 0 Å². The predicted octanol–water partition coefficient (Wildman–Crippen LogP) is 4.33. The first kappa shape index (κ1) is 31.9. The second-order valence-electron chi connectivity index (χ2n) is 12.1. The number of hydrogen-bond acceptors (Lipinski definition) is 8. The minimum atomic E-state index is -0.509. The van der Waals surface area contributed by atoms with Crippen LogP contribution in [0.2, 0.25) is 0 Å². The molecule has 0 aliphatic carbocycles. The summed E-state index contributed by atoms with van der Waals surface area (Å²) >= 11 is 2.41. The van der Waals surface area contributed by atoms with Crippen LogP contribution in [0.1, 0.15) is 39.7 Å². The first-order chi connectivity index (χ1) is 22.2. The van der Waals surface area contributed by atoms with Crippen LogP contribution in [0.4, 0.5) is 4.39 Å². The molecule has 2 saturated heterocycles. The van der Waals surface area contributed by atoms with Crippen LogP contribution in [0.15, 0.2) is 66.5 Å². The monoisotopic (exact) mass is 683 g/mol. The molecule has 1 atom stereocenters. The molecule has 0 unspecified atom stereocenters. The Morgan fingerprint density at radius 1 is 1.22 bits per heavy atom. The summed E-state index contributed by atoms with van der Waals surface area (Å²) in [6.07, 6.45) is 4.70. The third-order valence-electron chi connectivity index (χ3n) is 8.66. The van der Waals surface area contributed by atoms with Crippen LogP contribution in [0, 0.1) is 17.1 Å². The number of benzene rings is 2. The number of para-hydroxylation sites is 1. The fourth-order valence-corrected chi connectivity index (χ4v) is 6.94. The molecular formula is C34H35AsFN7O3. The van der Waals surface area contributed by atoms with Crippen molar-refractivity contribution in [1.29, 1.82) is 5.26 Å². The number of ether oxygens (including phenoxy) is 2. The van der Waals surface area contributed by atoms with E-state index in [2.05, 4.69) is 44.7 Å². The second-order valence-corrected chi connectivity index (χ2v) is 13.0. The Morgan fingerprint density at radius 3 is 2.67 bits per heavy atom. The van der Waals surface area contributed by atoms with Gasteiger partial charge in [0, 0.05) is 0 Å². The third kappa shape index (κ3) is 6.30. The molecule has 12 heteroatoms.